The Hall–Kier alpha value is -2.63. The lowest BCUT2D eigenvalue weighted by atomic mass is 10.3. The number of pyridine rings is 1. The summed E-state index contributed by atoms with van der Waals surface area (Å²) in [6.07, 6.45) is 1.65. The van der Waals surface area contributed by atoms with Crippen molar-refractivity contribution in [3.05, 3.63) is 58.5 Å². The molecular weight excluding hydrogens is 259 g/mol. The van der Waals surface area contributed by atoms with Crippen molar-refractivity contribution in [2.75, 3.05) is 5.73 Å². The van der Waals surface area contributed by atoms with Crippen LogP contribution in [0.3, 0.4) is 0 Å². The van der Waals surface area contributed by atoms with E-state index in [0.29, 0.717) is 11.3 Å². The van der Waals surface area contributed by atoms with Crippen LogP contribution in [0, 0.1) is 5.82 Å². The van der Waals surface area contributed by atoms with Gasteiger partial charge in [0.2, 0.25) is 0 Å². The van der Waals surface area contributed by atoms with Gasteiger partial charge in [0, 0.05) is 19.3 Å². The van der Waals surface area contributed by atoms with Gasteiger partial charge in [-0.2, -0.15) is 0 Å². The number of fused-ring (bicyclic) bond motifs is 1. The number of aryl methyl sites for hydroxylation is 1. The molecule has 102 valence electrons. The summed E-state index contributed by atoms with van der Waals surface area (Å²) in [6, 6.07) is 7.70. The van der Waals surface area contributed by atoms with Gasteiger partial charge < -0.3 is 14.9 Å². The van der Waals surface area contributed by atoms with Crippen molar-refractivity contribution in [3.63, 3.8) is 0 Å². The van der Waals surface area contributed by atoms with Crippen LogP contribution in [0.15, 0.2) is 41.3 Å². The quantitative estimate of drug-likeness (QED) is 0.769. The van der Waals surface area contributed by atoms with E-state index in [-0.39, 0.29) is 23.6 Å². The topological polar surface area (TPSA) is 65.8 Å². The molecule has 5 nitrogen and oxygen atoms in total. The Balaban J connectivity index is 2.09. The summed E-state index contributed by atoms with van der Waals surface area (Å²) in [6.45, 7) is 0.288. The predicted molar refractivity (Wildman–Crippen MR) is 74.9 cm³/mol. The average molecular weight is 272 g/mol. The molecule has 20 heavy (non-hydrogen) atoms. The third kappa shape index (κ3) is 1.95. The molecule has 2 aromatic heterocycles. The van der Waals surface area contributed by atoms with E-state index < -0.39 is 0 Å². The van der Waals surface area contributed by atoms with Gasteiger partial charge in [-0.3, -0.25) is 4.79 Å². The molecule has 0 bridgehead atoms. The number of hydrogen-bond donors (Lipinski definition) is 1. The second-order valence-electron chi connectivity index (χ2n) is 4.62. The molecule has 0 unspecified atom stereocenters. The smallest absolute Gasteiger partial charge is 0.274 e. The maximum absolute atomic E-state index is 13.2. The van der Waals surface area contributed by atoms with Gasteiger partial charge in [-0.05, 0) is 24.3 Å². The Morgan fingerprint density at radius 3 is 2.95 bits per heavy atom. The fraction of sp³-hybridized carbons (Fsp3) is 0.143. The molecule has 0 aliphatic heterocycles. The number of nitrogens with zero attached hydrogens (tertiary/aromatic N) is 3. The first kappa shape index (κ1) is 12.4. The molecular formula is C14H13FN4O. The molecule has 0 aliphatic carbocycles. The Labute approximate surface area is 114 Å². The van der Waals surface area contributed by atoms with Crippen LogP contribution in [0.1, 0.15) is 5.82 Å². The van der Waals surface area contributed by atoms with Crippen molar-refractivity contribution in [1.82, 2.24) is 14.1 Å². The lowest BCUT2D eigenvalue weighted by Gasteiger charge is -2.06. The summed E-state index contributed by atoms with van der Waals surface area (Å²) >= 11 is 0. The number of benzene rings is 1. The zero-order valence-electron chi connectivity index (χ0n) is 10.9. The summed E-state index contributed by atoms with van der Waals surface area (Å²) in [5.41, 5.74) is 6.92. The lowest BCUT2D eigenvalue weighted by Crippen LogP contribution is -2.23. The highest BCUT2D eigenvalue weighted by Gasteiger charge is 2.10. The fourth-order valence-corrected chi connectivity index (χ4v) is 2.20. The highest BCUT2D eigenvalue weighted by molar-refractivity contribution is 5.75. The summed E-state index contributed by atoms with van der Waals surface area (Å²) < 4.78 is 16.5. The lowest BCUT2D eigenvalue weighted by molar-refractivity contribution is 0.629. The molecule has 6 heteroatoms. The molecule has 0 aliphatic rings. The van der Waals surface area contributed by atoms with Crippen LogP contribution in [-0.2, 0) is 13.6 Å². The van der Waals surface area contributed by atoms with Gasteiger partial charge in [0.05, 0.1) is 23.3 Å². The first-order valence-electron chi connectivity index (χ1n) is 6.12. The zero-order chi connectivity index (χ0) is 14.3. The van der Waals surface area contributed by atoms with Crippen molar-refractivity contribution >= 4 is 16.7 Å². The molecule has 3 aromatic rings. The van der Waals surface area contributed by atoms with Gasteiger partial charge in [-0.15, -0.1) is 0 Å². The molecule has 0 radical (unpaired) electrons. The fourth-order valence-electron chi connectivity index (χ4n) is 2.20. The number of aromatic nitrogens is 3. The van der Waals surface area contributed by atoms with Crippen LogP contribution >= 0.6 is 0 Å². The van der Waals surface area contributed by atoms with Gasteiger partial charge in [-0.25, -0.2) is 9.37 Å². The molecule has 1 aromatic carbocycles. The number of halogens is 1. The van der Waals surface area contributed by atoms with E-state index in [1.807, 2.05) is 11.6 Å². The molecule has 2 heterocycles. The number of hydrogen-bond acceptors (Lipinski definition) is 3. The summed E-state index contributed by atoms with van der Waals surface area (Å²) in [7, 11) is 1.83. The van der Waals surface area contributed by atoms with Gasteiger partial charge in [-0.1, -0.05) is 0 Å². The molecule has 0 fully saturated rings. The number of nitrogen functional groups attached to an aromatic ring is 1. The number of imidazole rings is 1. The second kappa shape index (κ2) is 4.48. The minimum Gasteiger partial charge on any atom is -0.394 e. The number of anilines is 1. The third-order valence-corrected chi connectivity index (χ3v) is 3.30. The van der Waals surface area contributed by atoms with Crippen LogP contribution < -0.4 is 11.3 Å². The Morgan fingerprint density at radius 1 is 1.35 bits per heavy atom. The largest absolute Gasteiger partial charge is 0.394 e. The average Bonchev–Trinajstić information content (AvgIpc) is 2.71. The van der Waals surface area contributed by atoms with Crippen molar-refractivity contribution in [2.24, 2.45) is 7.05 Å². The van der Waals surface area contributed by atoms with Crippen LogP contribution in [0.4, 0.5) is 10.1 Å². The van der Waals surface area contributed by atoms with E-state index in [2.05, 4.69) is 4.98 Å². The van der Waals surface area contributed by atoms with Crippen molar-refractivity contribution in [3.8, 4) is 0 Å². The predicted octanol–water partition coefficient (Wildman–Crippen LogP) is 1.50. The Bertz CT molecular complexity index is 850. The van der Waals surface area contributed by atoms with Crippen LogP contribution in [0.5, 0.6) is 0 Å². The Morgan fingerprint density at radius 2 is 2.15 bits per heavy atom. The molecule has 0 atom stereocenters. The summed E-state index contributed by atoms with van der Waals surface area (Å²) in [4.78, 5) is 16.3. The highest BCUT2D eigenvalue weighted by Crippen LogP contribution is 2.16. The molecule has 0 saturated heterocycles. The van der Waals surface area contributed by atoms with E-state index in [1.54, 1.807) is 24.4 Å². The first-order valence-corrected chi connectivity index (χ1v) is 6.12. The summed E-state index contributed by atoms with van der Waals surface area (Å²) in [5, 5.41) is 0. The highest BCUT2D eigenvalue weighted by atomic mass is 19.1. The third-order valence-electron chi connectivity index (χ3n) is 3.30. The van der Waals surface area contributed by atoms with Crippen LogP contribution in [0.2, 0.25) is 0 Å². The van der Waals surface area contributed by atoms with Gasteiger partial charge in [0.25, 0.3) is 5.56 Å². The monoisotopic (exact) mass is 272 g/mol. The minimum absolute atomic E-state index is 0.192. The summed E-state index contributed by atoms with van der Waals surface area (Å²) in [5.74, 6) is 0.335. The maximum atomic E-state index is 13.2. The van der Waals surface area contributed by atoms with Gasteiger partial charge in [0.15, 0.2) is 0 Å². The van der Waals surface area contributed by atoms with Gasteiger partial charge >= 0.3 is 0 Å². The normalized spacial score (nSPS) is 11.1. The number of nitrogens with two attached hydrogens (primary N) is 1. The minimum atomic E-state index is -0.330. The van der Waals surface area contributed by atoms with E-state index in [4.69, 9.17) is 5.73 Å². The first-order chi connectivity index (χ1) is 9.56. The zero-order valence-corrected chi connectivity index (χ0v) is 10.9. The van der Waals surface area contributed by atoms with Crippen molar-refractivity contribution in [1.29, 1.82) is 0 Å². The van der Waals surface area contributed by atoms with E-state index >= 15 is 0 Å². The maximum Gasteiger partial charge on any atom is 0.274 e. The number of rotatable bonds is 2. The van der Waals surface area contributed by atoms with E-state index in [1.165, 1.54) is 16.7 Å². The van der Waals surface area contributed by atoms with Crippen LogP contribution in [-0.4, -0.2) is 14.1 Å². The van der Waals surface area contributed by atoms with E-state index in [9.17, 15) is 9.18 Å². The molecule has 2 N–H and O–H groups in total. The second-order valence-corrected chi connectivity index (χ2v) is 4.62. The van der Waals surface area contributed by atoms with Crippen molar-refractivity contribution < 1.29 is 4.39 Å². The van der Waals surface area contributed by atoms with Crippen molar-refractivity contribution in [2.45, 2.75) is 6.54 Å². The Kier molecular flexibility index (Phi) is 2.78. The standard InChI is InChI=1S/C14H13FN4O/c1-18-12-5-4-9(15)7-11(12)17-13(18)8-19-6-2-3-10(16)14(19)20/h2-7H,8,16H2,1H3. The molecule has 3 rings (SSSR count). The van der Waals surface area contributed by atoms with E-state index in [0.717, 1.165) is 5.52 Å². The SMILES string of the molecule is Cn1c(Cn2cccc(N)c2=O)nc2cc(F)ccc21. The molecule has 0 amide bonds. The van der Waals surface area contributed by atoms with Crippen LogP contribution in [0.25, 0.3) is 11.0 Å². The molecule has 0 saturated carbocycles. The van der Waals surface area contributed by atoms with Gasteiger partial charge in [0.1, 0.15) is 11.6 Å². The molecule has 0 spiro atoms.